The highest BCUT2D eigenvalue weighted by Crippen LogP contribution is 2.36. The van der Waals surface area contributed by atoms with Crippen molar-refractivity contribution >= 4 is 55.8 Å². The maximum Gasteiger partial charge on any atom is 0.323 e. The average Bonchev–Trinajstić information content (AvgIpc) is 3.12. The first-order valence-electron chi connectivity index (χ1n) is 9.71. The lowest BCUT2D eigenvalue weighted by atomic mass is 10.2. The Morgan fingerprint density at radius 3 is 2.24 bits per heavy atom. The highest BCUT2D eigenvalue weighted by atomic mass is 79.9. The van der Waals surface area contributed by atoms with Crippen LogP contribution in [0, 0.1) is 0 Å². The summed E-state index contributed by atoms with van der Waals surface area (Å²) in [4.78, 5) is 27.4. The number of rotatable bonds is 5. The van der Waals surface area contributed by atoms with Crippen molar-refractivity contribution in [2.75, 3.05) is 17.7 Å². The molecule has 0 atom stereocenters. The van der Waals surface area contributed by atoms with Gasteiger partial charge in [-0.3, -0.25) is 4.79 Å². The molecule has 0 aliphatic rings. The van der Waals surface area contributed by atoms with Gasteiger partial charge in [0, 0.05) is 26.8 Å². The number of fused-ring (bicyclic) bond motifs is 1. The third-order valence-corrected chi connectivity index (χ3v) is 5.19. The van der Waals surface area contributed by atoms with Crippen LogP contribution in [0.1, 0.15) is 10.4 Å². The minimum atomic E-state index is -0.590. The lowest BCUT2D eigenvalue weighted by Gasteiger charge is -2.08. The number of hydrogen-bond acceptors (Lipinski definition) is 5. The van der Waals surface area contributed by atoms with Crippen LogP contribution in [0.2, 0.25) is 0 Å². The van der Waals surface area contributed by atoms with Crippen molar-refractivity contribution in [2.45, 2.75) is 0 Å². The highest BCUT2D eigenvalue weighted by Gasteiger charge is 2.12. The Bertz CT molecular complexity index is 1350. The van der Waals surface area contributed by atoms with Gasteiger partial charge in [0.05, 0.1) is 12.6 Å². The van der Waals surface area contributed by atoms with Crippen LogP contribution in [0.25, 0.3) is 10.9 Å². The van der Waals surface area contributed by atoms with Crippen LogP contribution in [0.15, 0.2) is 81.4 Å². The van der Waals surface area contributed by atoms with E-state index in [-0.39, 0.29) is 17.1 Å². The SMILES string of the molecule is COc1ccc(NC(=O)Nc2ccc(C(=O)N=Nc3c(O)[nH]c4ccc(Br)cc34)cc2)cc1. The first kappa shape index (κ1) is 22.0. The van der Waals surface area contributed by atoms with E-state index >= 15 is 0 Å². The lowest BCUT2D eigenvalue weighted by molar-refractivity contribution is 0.0995. The number of aromatic amines is 1. The zero-order valence-electron chi connectivity index (χ0n) is 17.3. The number of aromatic hydroxyl groups is 1. The Morgan fingerprint density at radius 2 is 1.61 bits per heavy atom. The number of azo groups is 1. The molecule has 0 bridgehead atoms. The normalized spacial score (nSPS) is 11.0. The average molecular weight is 508 g/mol. The van der Waals surface area contributed by atoms with Crippen molar-refractivity contribution in [1.29, 1.82) is 0 Å². The first-order valence-corrected chi connectivity index (χ1v) is 10.5. The summed E-state index contributed by atoms with van der Waals surface area (Å²) in [5, 5.41) is 23.7. The fraction of sp³-hybridized carbons (Fsp3) is 0.0435. The van der Waals surface area contributed by atoms with E-state index in [0.717, 1.165) is 4.47 Å². The van der Waals surface area contributed by atoms with Crippen molar-refractivity contribution < 1.29 is 19.4 Å². The predicted octanol–water partition coefficient (Wildman–Crippen LogP) is 6.21. The smallest absolute Gasteiger partial charge is 0.323 e. The number of methoxy groups -OCH3 is 1. The van der Waals surface area contributed by atoms with Gasteiger partial charge >= 0.3 is 6.03 Å². The second-order valence-electron chi connectivity index (χ2n) is 6.90. The highest BCUT2D eigenvalue weighted by molar-refractivity contribution is 9.10. The first-order chi connectivity index (χ1) is 15.9. The number of amides is 3. The largest absolute Gasteiger partial charge is 0.497 e. The minimum Gasteiger partial charge on any atom is -0.497 e. The number of hydrogen-bond donors (Lipinski definition) is 4. The third kappa shape index (κ3) is 5.18. The second kappa shape index (κ2) is 9.53. The fourth-order valence-corrected chi connectivity index (χ4v) is 3.42. The van der Waals surface area contributed by atoms with Gasteiger partial charge < -0.3 is 25.5 Å². The summed E-state index contributed by atoms with van der Waals surface area (Å²) in [5.74, 6) is -0.0822. The number of urea groups is 1. The molecule has 0 saturated carbocycles. The second-order valence-corrected chi connectivity index (χ2v) is 7.82. The Hall–Kier alpha value is -4.18. The van der Waals surface area contributed by atoms with Gasteiger partial charge in [-0.1, -0.05) is 15.9 Å². The van der Waals surface area contributed by atoms with Crippen LogP contribution in [0.5, 0.6) is 11.6 Å². The predicted molar refractivity (Wildman–Crippen MR) is 129 cm³/mol. The van der Waals surface area contributed by atoms with Crippen molar-refractivity contribution in [1.82, 2.24) is 4.98 Å². The summed E-state index contributed by atoms with van der Waals surface area (Å²) in [6, 6.07) is 18.0. The van der Waals surface area contributed by atoms with E-state index in [2.05, 4.69) is 41.8 Å². The number of halogens is 1. The number of carbonyl (C=O) groups excluding carboxylic acids is 2. The molecule has 4 rings (SSSR count). The Kier molecular flexibility index (Phi) is 6.36. The number of ether oxygens (including phenoxy) is 1. The summed E-state index contributed by atoms with van der Waals surface area (Å²) < 4.78 is 5.88. The Labute approximate surface area is 196 Å². The molecule has 1 aromatic heterocycles. The maximum absolute atomic E-state index is 12.4. The van der Waals surface area contributed by atoms with E-state index in [1.54, 1.807) is 55.6 Å². The molecule has 10 heteroatoms. The van der Waals surface area contributed by atoms with Gasteiger partial charge in [-0.15, -0.1) is 10.2 Å². The number of nitrogens with one attached hydrogen (secondary N) is 3. The van der Waals surface area contributed by atoms with E-state index in [9.17, 15) is 14.7 Å². The molecule has 0 aliphatic heterocycles. The fourth-order valence-electron chi connectivity index (χ4n) is 3.05. The van der Waals surface area contributed by atoms with Crippen molar-refractivity contribution in [3.05, 3.63) is 76.8 Å². The molecule has 0 radical (unpaired) electrons. The van der Waals surface area contributed by atoms with E-state index < -0.39 is 11.9 Å². The topological polar surface area (TPSA) is 128 Å². The number of anilines is 2. The van der Waals surface area contributed by atoms with Crippen molar-refractivity contribution in [3.63, 3.8) is 0 Å². The molecule has 9 nitrogen and oxygen atoms in total. The summed E-state index contributed by atoms with van der Waals surface area (Å²) in [7, 11) is 1.57. The molecule has 3 aromatic carbocycles. The number of nitrogens with zero attached hydrogens (tertiary/aromatic N) is 2. The summed E-state index contributed by atoms with van der Waals surface area (Å²) in [6.07, 6.45) is 0. The quantitative estimate of drug-likeness (QED) is 0.239. The van der Waals surface area contributed by atoms with Gasteiger partial charge in [-0.05, 0) is 66.7 Å². The molecule has 0 aliphatic carbocycles. The van der Waals surface area contributed by atoms with Crippen LogP contribution in [-0.4, -0.2) is 29.1 Å². The van der Waals surface area contributed by atoms with Crippen LogP contribution in [0.3, 0.4) is 0 Å². The monoisotopic (exact) mass is 507 g/mol. The molecule has 4 aromatic rings. The van der Waals surface area contributed by atoms with E-state index in [4.69, 9.17) is 4.74 Å². The van der Waals surface area contributed by atoms with Crippen LogP contribution >= 0.6 is 15.9 Å². The summed E-state index contributed by atoms with van der Waals surface area (Å²) >= 11 is 3.37. The van der Waals surface area contributed by atoms with Crippen molar-refractivity contribution in [2.24, 2.45) is 10.2 Å². The van der Waals surface area contributed by atoms with Gasteiger partial charge in [-0.25, -0.2) is 4.79 Å². The molecule has 33 heavy (non-hydrogen) atoms. The third-order valence-electron chi connectivity index (χ3n) is 4.69. The number of H-pyrrole nitrogens is 1. The lowest BCUT2D eigenvalue weighted by Crippen LogP contribution is -2.19. The van der Waals surface area contributed by atoms with E-state index in [1.165, 1.54) is 12.1 Å². The summed E-state index contributed by atoms with van der Waals surface area (Å²) in [6.45, 7) is 0. The molecule has 1 heterocycles. The van der Waals surface area contributed by atoms with E-state index in [0.29, 0.717) is 28.0 Å². The molecule has 0 spiro atoms. The maximum atomic E-state index is 12.4. The van der Waals surface area contributed by atoms with Crippen LogP contribution in [0.4, 0.5) is 21.9 Å². The molecule has 0 unspecified atom stereocenters. The van der Waals surface area contributed by atoms with Gasteiger partial charge in [0.2, 0.25) is 5.88 Å². The Morgan fingerprint density at radius 1 is 0.970 bits per heavy atom. The molecular weight excluding hydrogens is 490 g/mol. The van der Waals surface area contributed by atoms with Crippen molar-refractivity contribution in [3.8, 4) is 11.6 Å². The standard InChI is InChI=1S/C23H18BrN5O4/c1-33-17-9-7-16(8-10-17)26-23(32)25-15-5-2-13(3-6-15)21(30)29-28-20-18-12-14(24)4-11-19(18)27-22(20)31/h2-12,27,31H,1H3,(H2,25,26,32). The molecule has 0 fully saturated rings. The number of carbonyl (C=O) groups is 2. The van der Waals surface area contributed by atoms with Gasteiger partial charge in [0.1, 0.15) is 5.75 Å². The Balaban J connectivity index is 1.40. The molecule has 4 N–H and O–H groups in total. The van der Waals surface area contributed by atoms with Gasteiger partial charge in [-0.2, -0.15) is 0 Å². The van der Waals surface area contributed by atoms with Crippen LogP contribution in [-0.2, 0) is 0 Å². The minimum absolute atomic E-state index is 0.174. The van der Waals surface area contributed by atoms with Gasteiger partial charge in [0.15, 0.2) is 5.69 Å². The number of aromatic nitrogens is 1. The van der Waals surface area contributed by atoms with E-state index in [1.807, 2.05) is 6.07 Å². The van der Waals surface area contributed by atoms with Gasteiger partial charge in [0.25, 0.3) is 5.91 Å². The molecule has 166 valence electrons. The zero-order chi connectivity index (χ0) is 23.4. The molecule has 3 amide bonds. The molecule has 0 saturated heterocycles. The zero-order valence-corrected chi connectivity index (χ0v) is 18.9. The van der Waals surface area contributed by atoms with Crippen LogP contribution < -0.4 is 15.4 Å². The molecular formula is C23H18BrN5O4. The summed E-state index contributed by atoms with van der Waals surface area (Å²) in [5.41, 5.74) is 2.22. The number of benzene rings is 3.